The van der Waals surface area contributed by atoms with Crippen LogP contribution in [0.4, 0.5) is 4.79 Å². The maximum absolute atomic E-state index is 12.2. The molecule has 0 bridgehead atoms. The van der Waals surface area contributed by atoms with Crippen molar-refractivity contribution >= 4 is 6.03 Å². The zero-order valence-electron chi connectivity index (χ0n) is 13.8. The number of benzene rings is 1. The number of nitrogens with one attached hydrogen (secondary N) is 1. The summed E-state index contributed by atoms with van der Waals surface area (Å²) in [5, 5.41) is 12.4. The lowest BCUT2D eigenvalue weighted by molar-refractivity contribution is 0.119. The standard InChI is InChI=1S/C17H28N2O2/c1-12(2)19(11-15(5)20)17(21)18-10-14(4)16-8-6-13(3)7-9-16/h6-9,12,14-15,20H,10-11H2,1-5H3,(H,18,21). The van der Waals surface area contributed by atoms with Gasteiger partial charge in [-0.2, -0.15) is 0 Å². The summed E-state index contributed by atoms with van der Waals surface area (Å²) in [5.74, 6) is 0.259. The molecule has 0 heterocycles. The van der Waals surface area contributed by atoms with E-state index in [9.17, 15) is 9.90 Å². The minimum atomic E-state index is -0.521. The molecule has 0 aliphatic carbocycles. The van der Waals surface area contributed by atoms with Crippen molar-refractivity contribution in [2.75, 3.05) is 13.1 Å². The van der Waals surface area contributed by atoms with Gasteiger partial charge in [0.2, 0.25) is 0 Å². The first-order valence-corrected chi connectivity index (χ1v) is 7.60. The Bertz CT molecular complexity index is 441. The number of aliphatic hydroxyl groups excluding tert-OH is 1. The molecule has 2 N–H and O–H groups in total. The van der Waals surface area contributed by atoms with Crippen molar-refractivity contribution in [3.05, 3.63) is 35.4 Å². The molecule has 0 aliphatic heterocycles. The van der Waals surface area contributed by atoms with Gasteiger partial charge in [-0.1, -0.05) is 36.8 Å². The van der Waals surface area contributed by atoms with E-state index in [0.717, 1.165) is 0 Å². The Morgan fingerprint density at radius 2 is 1.76 bits per heavy atom. The van der Waals surface area contributed by atoms with Gasteiger partial charge < -0.3 is 15.3 Å². The Hall–Kier alpha value is -1.55. The molecule has 4 nitrogen and oxygen atoms in total. The third-order valence-corrected chi connectivity index (χ3v) is 3.55. The van der Waals surface area contributed by atoms with Gasteiger partial charge in [-0.25, -0.2) is 4.79 Å². The first-order valence-electron chi connectivity index (χ1n) is 7.60. The van der Waals surface area contributed by atoms with E-state index in [2.05, 4.69) is 43.4 Å². The second-order valence-electron chi connectivity index (χ2n) is 6.09. The van der Waals surface area contributed by atoms with Crippen LogP contribution in [0.1, 0.15) is 44.7 Å². The molecule has 0 spiro atoms. The smallest absolute Gasteiger partial charge is 0.317 e. The van der Waals surface area contributed by atoms with E-state index in [4.69, 9.17) is 0 Å². The molecule has 2 amide bonds. The molecule has 21 heavy (non-hydrogen) atoms. The molecule has 2 unspecified atom stereocenters. The summed E-state index contributed by atoms with van der Waals surface area (Å²) in [7, 11) is 0. The van der Waals surface area contributed by atoms with E-state index < -0.39 is 6.10 Å². The lowest BCUT2D eigenvalue weighted by Gasteiger charge is -2.28. The quantitative estimate of drug-likeness (QED) is 0.847. The average Bonchev–Trinajstić information content (AvgIpc) is 2.42. The minimum Gasteiger partial charge on any atom is -0.392 e. The van der Waals surface area contributed by atoms with Crippen LogP contribution < -0.4 is 5.32 Å². The predicted octanol–water partition coefficient (Wildman–Crippen LogP) is 2.90. The van der Waals surface area contributed by atoms with Crippen molar-refractivity contribution in [2.45, 2.75) is 52.7 Å². The van der Waals surface area contributed by atoms with Gasteiger partial charge >= 0.3 is 6.03 Å². The lowest BCUT2D eigenvalue weighted by atomic mass is 10.0. The second-order valence-corrected chi connectivity index (χ2v) is 6.09. The van der Waals surface area contributed by atoms with E-state index in [0.29, 0.717) is 13.1 Å². The number of nitrogens with zero attached hydrogens (tertiary/aromatic N) is 1. The number of aryl methyl sites for hydroxylation is 1. The molecule has 0 aromatic heterocycles. The molecule has 1 rings (SSSR count). The third-order valence-electron chi connectivity index (χ3n) is 3.55. The number of rotatable bonds is 6. The Morgan fingerprint density at radius 3 is 2.24 bits per heavy atom. The first-order chi connectivity index (χ1) is 9.81. The minimum absolute atomic E-state index is 0.0641. The molecular formula is C17H28N2O2. The molecule has 1 aromatic carbocycles. The number of urea groups is 1. The summed E-state index contributed by atoms with van der Waals surface area (Å²) in [6.45, 7) is 10.7. The maximum Gasteiger partial charge on any atom is 0.317 e. The highest BCUT2D eigenvalue weighted by Crippen LogP contribution is 2.15. The average molecular weight is 292 g/mol. The highest BCUT2D eigenvalue weighted by molar-refractivity contribution is 5.74. The van der Waals surface area contributed by atoms with Gasteiger partial charge in [0.25, 0.3) is 0 Å². The predicted molar refractivity (Wildman–Crippen MR) is 86.5 cm³/mol. The van der Waals surface area contributed by atoms with Crippen molar-refractivity contribution in [3.8, 4) is 0 Å². The van der Waals surface area contributed by atoms with Gasteiger partial charge in [0.05, 0.1) is 6.10 Å². The lowest BCUT2D eigenvalue weighted by Crippen LogP contribution is -2.47. The fourth-order valence-electron chi connectivity index (χ4n) is 2.17. The Balaban J connectivity index is 2.56. The number of aliphatic hydroxyl groups is 1. The van der Waals surface area contributed by atoms with Gasteiger partial charge in [-0.3, -0.25) is 0 Å². The molecule has 0 fully saturated rings. The molecule has 1 aromatic rings. The van der Waals surface area contributed by atoms with Crippen LogP contribution in [0.15, 0.2) is 24.3 Å². The fourth-order valence-corrected chi connectivity index (χ4v) is 2.17. The fraction of sp³-hybridized carbons (Fsp3) is 0.588. The molecule has 0 saturated carbocycles. The molecule has 0 radical (unpaired) electrons. The van der Waals surface area contributed by atoms with Crippen LogP contribution in [0.5, 0.6) is 0 Å². The van der Waals surface area contributed by atoms with Crippen molar-refractivity contribution in [3.63, 3.8) is 0 Å². The Labute approximate surface area is 128 Å². The first kappa shape index (κ1) is 17.5. The van der Waals surface area contributed by atoms with Gasteiger partial charge in [0.15, 0.2) is 0 Å². The largest absolute Gasteiger partial charge is 0.392 e. The second kappa shape index (κ2) is 8.03. The van der Waals surface area contributed by atoms with E-state index in [1.807, 2.05) is 13.8 Å². The van der Waals surface area contributed by atoms with Gasteiger partial charge in [0, 0.05) is 19.1 Å². The maximum atomic E-state index is 12.2. The molecule has 118 valence electrons. The zero-order valence-corrected chi connectivity index (χ0v) is 13.8. The topological polar surface area (TPSA) is 52.6 Å². The van der Waals surface area contributed by atoms with E-state index in [1.54, 1.807) is 11.8 Å². The van der Waals surface area contributed by atoms with Crippen LogP contribution in [0, 0.1) is 6.92 Å². The number of hydrogen-bond donors (Lipinski definition) is 2. The number of carbonyl (C=O) groups is 1. The zero-order chi connectivity index (χ0) is 16.0. The van der Waals surface area contributed by atoms with Crippen LogP contribution in [0.25, 0.3) is 0 Å². The van der Waals surface area contributed by atoms with Crippen molar-refractivity contribution in [1.82, 2.24) is 10.2 Å². The highest BCUT2D eigenvalue weighted by Gasteiger charge is 2.19. The number of carbonyl (C=O) groups excluding carboxylic acids is 1. The Kier molecular flexibility index (Phi) is 6.69. The summed E-state index contributed by atoms with van der Waals surface area (Å²) in [4.78, 5) is 13.9. The van der Waals surface area contributed by atoms with E-state index in [1.165, 1.54) is 11.1 Å². The monoisotopic (exact) mass is 292 g/mol. The van der Waals surface area contributed by atoms with Crippen LogP contribution in [-0.2, 0) is 0 Å². The Morgan fingerprint density at radius 1 is 1.19 bits per heavy atom. The van der Waals surface area contributed by atoms with Crippen molar-refractivity contribution < 1.29 is 9.90 Å². The van der Waals surface area contributed by atoms with E-state index in [-0.39, 0.29) is 18.0 Å². The van der Waals surface area contributed by atoms with E-state index >= 15 is 0 Å². The van der Waals surface area contributed by atoms with Gasteiger partial charge in [-0.05, 0) is 39.2 Å². The summed E-state index contributed by atoms with van der Waals surface area (Å²) >= 11 is 0. The van der Waals surface area contributed by atoms with Gasteiger partial charge in [0.1, 0.15) is 0 Å². The summed E-state index contributed by atoms with van der Waals surface area (Å²) in [6.07, 6.45) is -0.521. The summed E-state index contributed by atoms with van der Waals surface area (Å²) < 4.78 is 0. The molecule has 4 heteroatoms. The van der Waals surface area contributed by atoms with Crippen molar-refractivity contribution in [1.29, 1.82) is 0 Å². The molecular weight excluding hydrogens is 264 g/mol. The summed E-state index contributed by atoms with van der Waals surface area (Å²) in [6, 6.07) is 8.31. The molecule has 2 atom stereocenters. The SMILES string of the molecule is Cc1ccc(C(C)CNC(=O)N(CC(C)O)C(C)C)cc1. The number of hydrogen-bond acceptors (Lipinski definition) is 2. The normalized spacial score (nSPS) is 13.9. The number of amides is 2. The molecule has 0 saturated heterocycles. The summed E-state index contributed by atoms with van der Waals surface area (Å²) in [5.41, 5.74) is 2.45. The molecule has 0 aliphatic rings. The van der Waals surface area contributed by atoms with Crippen LogP contribution in [0.3, 0.4) is 0 Å². The van der Waals surface area contributed by atoms with Crippen LogP contribution in [0.2, 0.25) is 0 Å². The van der Waals surface area contributed by atoms with Crippen LogP contribution >= 0.6 is 0 Å². The highest BCUT2D eigenvalue weighted by atomic mass is 16.3. The third kappa shape index (κ3) is 5.76. The van der Waals surface area contributed by atoms with Crippen LogP contribution in [-0.4, -0.2) is 41.3 Å². The van der Waals surface area contributed by atoms with Gasteiger partial charge in [-0.15, -0.1) is 0 Å². The van der Waals surface area contributed by atoms with Crippen molar-refractivity contribution in [2.24, 2.45) is 0 Å².